The molecule has 1 aliphatic rings. The van der Waals surface area contributed by atoms with Crippen LogP contribution in [0, 0.1) is 0 Å². The molecule has 0 amide bonds. The molecule has 0 N–H and O–H groups in total. The van der Waals surface area contributed by atoms with Crippen molar-refractivity contribution < 1.29 is 0 Å². The SMILES string of the molecule is CCCCCCCCCCCCCCCCCN1C=CN(CCCCCCCC)C1CCCCCCCCCCCCCCC. The maximum absolute atomic E-state index is 2.72. The average Bonchev–Trinajstić information content (AvgIpc) is 3.43. The minimum Gasteiger partial charge on any atom is -0.356 e. The topological polar surface area (TPSA) is 6.48 Å². The molecule has 0 fully saturated rings. The molecule has 0 aliphatic carbocycles. The van der Waals surface area contributed by atoms with Crippen LogP contribution in [0.3, 0.4) is 0 Å². The molecule has 1 atom stereocenters. The van der Waals surface area contributed by atoms with Crippen LogP contribution in [-0.4, -0.2) is 29.1 Å². The van der Waals surface area contributed by atoms with E-state index in [0.717, 1.165) is 0 Å². The molecule has 0 bridgehead atoms. The van der Waals surface area contributed by atoms with E-state index in [9.17, 15) is 0 Å². The number of rotatable bonds is 37. The van der Waals surface area contributed by atoms with Gasteiger partial charge in [-0.15, -0.1) is 0 Å². The molecule has 0 aromatic carbocycles. The van der Waals surface area contributed by atoms with Crippen molar-refractivity contribution in [1.29, 1.82) is 0 Å². The third-order valence-electron chi connectivity index (χ3n) is 10.6. The van der Waals surface area contributed by atoms with Crippen molar-refractivity contribution in [3.8, 4) is 0 Å². The molecule has 2 nitrogen and oxygen atoms in total. The zero-order valence-electron chi connectivity index (χ0n) is 31.8. The lowest BCUT2D eigenvalue weighted by Crippen LogP contribution is -2.39. The van der Waals surface area contributed by atoms with E-state index in [4.69, 9.17) is 0 Å². The van der Waals surface area contributed by atoms with Crippen LogP contribution in [0.4, 0.5) is 0 Å². The van der Waals surface area contributed by atoms with E-state index < -0.39 is 0 Å². The molecule has 0 saturated carbocycles. The van der Waals surface area contributed by atoms with E-state index in [-0.39, 0.29) is 0 Å². The van der Waals surface area contributed by atoms with Gasteiger partial charge in [0.25, 0.3) is 0 Å². The molecule has 268 valence electrons. The Balaban J connectivity index is 2.15. The fourth-order valence-corrected chi connectivity index (χ4v) is 7.42. The van der Waals surface area contributed by atoms with Crippen molar-refractivity contribution in [2.24, 2.45) is 0 Å². The first-order valence-corrected chi connectivity index (χ1v) is 21.5. The van der Waals surface area contributed by atoms with Gasteiger partial charge < -0.3 is 9.80 Å². The normalized spacial score (nSPS) is 14.8. The van der Waals surface area contributed by atoms with Crippen LogP contribution >= 0.6 is 0 Å². The standard InChI is InChI=1S/C43H86N2/c1-4-7-10-13-16-18-20-22-23-25-27-29-31-34-37-40-45-42-41-44(39-36-33-15-12-9-6-3)43(45)38-35-32-30-28-26-24-21-19-17-14-11-8-5-2/h41-43H,4-40H2,1-3H3. The molecule has 0 spiro atoms. The van der Waals surface area contributed by atoms with Gasteiger partial charge in [0.15, 0.2) is 0 Å². The quantitative estimate of drug-likeness (QED) is 0.0630. The highest BCUT2D eigenvalue weighted by Gasteiger charge is 2.24. The molecule has 1 heterocycles. The van der Waals surface area contributed by atoms with Crippen LogP contribution in [0.2, 0.25) is 0 Å². The molecule has 2 heteroatoms. The van der Waals surface area contributed by atoms with Crippen LogP contribution in [-0.2, 0) is 0 Å². The van der Waals surface area contributed by atoms with Crippen LogP contribution in [0.5, 0.6) is 0 Å². The highest BCUT2D eigenvalue weighted by Crippen LogP contribution is 2.24. The van der Waals surface area contributed by atoms with Crippen molar-refractivity contribution in [3.05, 3.63) is 12.4 Å². The van der Waals surface area contributed by atoms with Gasteiger partial charge in [-0.1, -0.05) is 220 Å². The van der Waals surface area contributed by atoms with Crippen molar-refractivity contribution in [2.75, 3.05) is 13.1 Å². The van der Waals surface area contributed by atoms with Crippen LogP contribution in [0.25, 0.3) is 0 Å². The summed E-state index contributed by atoms with van der Waals surface area (Å²) in [6.07, 6.45) is 55.9. The lowest BCUT2D eigenvalue weighted by molar-refractivity contribution is 0.135. The summed E-state index contributed by atoms with van der Waals surface area (Å²) in [5.74, 6) is 0. The molecule has 0 aromatic heterocycles. The molecule has 0 radical (unpaired) electrons. The summed E-state index contributed by atoms with van der Waals surface area (Å²) in [6.45, 7) is 9.48. The van der Waals surface area contributed by atoms with E-state index >= 15 is 0 Å². The van der Waals surface area contributed by atoms with Gasteiger partial charge in [0, 0.05) is 25.5 Å². The Morgan fingerprint density at radius 2 is 0.511 bits per heavy atom. The first kappa shape index (κ1) is 42.4. The Bertz CT molecular complexity index is 586. The lowest BCUT2D eigenvalue weighted by Gasteiger charge is -2.33. The maximum Gasteiger partial charge on any atom is 0.101 e. The van der Waals surface area contributed by atoms with Gasteiger partial charge in [-0.2, -0.15) is 0 Å². The number of unbranched alkanes of at least 4 members (excludes halogenated alkanes) is 31. The van der Waals surface area contributed by atoms with E-state index in [0.29, 0.717) is 6.17 Å². The third kappa shape index (κ3) is 27.0. The summed E-state index contributed by atoms with van der Waals surface area (Å²) in [5.41, 5.74) is 0. The zero-order chi connectivity index (χ0) is 32.3. The second-order valence-corrected chi connectivity index (χ2v) is 15.0. The Labute approximate surface area is 286 Å². The van der Waals surface area contributed by atoms with Gasteiger partial charge in [0.05, 0.1) is 0 Å². The van der Waals surface area contributed by atoms with Gasteiger partial charge >= 0.3 is 0 Å². The lowest BCUT2D eigenvalue weighted by atomic mass is 10.0. The minimum atomic E-state index is 0.639. The monoisotopic (exact) mass is 631 g/mol. The van der Waals surface area contributed by atoms with E-state index in [1.165, 1.54) is 238 Å². The first-order valence-electron chi connectivity index (χ1n) is 21.5. The van der Waals surface area contributed by atoms with Gasteiger partial charge in [-0.3, -0.25) is 0 Å². The second kappa shape index (κ2) is 34.7. The first-order chi connectivity index (χ1) is 22.3. The van der Waals surface area contributed by atoms with Gasteiger partial charge in [-0.05, 0) is 25.7 Å². The fourth-order valence-electron chi connectivity index (χ4n) is 7.42. The van der Waals surface area contributed by atoms with Gasteiger partial charge in [-0.25, -0.2) is 0 Å². The highest BCUT2D eigenvalue weighted by molar-refractivity contribution is 4.97. The largest absolute Gasteiger partial charge is 0.356 e. The summed E-state index contributed by atoms with van der Waals surface area (Å²) in [4.78, 5) is 5.44. The third-order valence-corrected chi connectivity index (χ3v) is 10.6. The summed E-state index contributed by atoms with van der Waals surface area (Å²) in [6, 6.07) is 0. The second-order valence-electron chi connectivity index (χ2n) is 15.0. The Morgan fingerprint density at radius 3 is 0.778 bits per heavy atom. The average molecular weight is 631 g/mol. The van der Waals surface area contributed by atoms with E-state index in [2.05, 4.69) is 43.0 Å². The summed E-state index contributed by atoms with van der Waals surface area (Å²) in [5, 5.41) is 0. The summed E-state index contributed by atoms with van der Waals surface area (Å²) >= 11 is 0. The number of nitrogens with zero attached hydrogens (tertiary/aromatic N) is 2. The molecule has 45 heavy (non-hydrogen) atoms. The smallest absolute Gasteiger partial charge is 0.101 e. The molecule has 1 rings (SSSR count). The van der Waals surface area contributed by atoms with Crippen LogP contribution in [0.1, 0.15) is 245 Å². The molecule has 0 saturated heterocycles. The molecule has 1 unspecified atom stereocenters. The highest BCUT2D eigenvalue weighted by atomic mass is 15.4. The Hall–Kier alpha value is -0.660. The predicted octanol–water partition coefficient (Wildman–Crippen LogP) is 15.1. The zero-order valence-corrected chi connectivity index (χ0v) is 31.8. The van der Waals surface area contributed by atoms with Gasteiger partial charge in [0.2, 0.25) is 0 Å². The summed E-state index contributed by atoms with van der Waals surface area (Å²) in [7, 11) is 0. The Morgan fingerprint density at radius 1 is 0.289 bits per heavy atom. The number of hydrogen-bond donors (Lipinski definition) is 0. The van der Waals surface area contributed by atoms with E-state index in [1.54, 1.807) is 0 Å². The van der Waals surface area contributed by atoms with Crippen LogP contribution < -0.4 is 0 Å². The maximum atomic E-state index is 2.72. The van der Waals surface area contributed by atoms with Crippen molar-refractivity contribution in [1.82, 2.24) is 9.80 Å². The Kier molecular flexibility index (Phi) is 32.6. The molecular formula is C43H86N2. The van der Waals surface area contributed by atoms with Crippen molar-refractivity contribution in [3.63, 3.8) is 0 Å². The fraction of sp³-hybridized carbons (Fsp3) is 0.953. The van der Waals surface area contributed by atoms with Gasteiger partial charge in [0.1, 0.15) is 6.17 Å². The van der Waals surface area contributed by atoms with E-state index in [1.807, 2.05) is 0 Å². The molecule has 1 aliphatic heterocycles. The summed E-state index contributed by atoms with van der Waals surface area (Å²) < 4.78 is 0. The molecular weight excluding hydrogens is 544 g/mol. The predicted molar refractivity (Wildman–Crippen MR) is 205 cm³/mol. The number of hydrogen-bond acceptors (Lipinski definition) is 2. The van der Waals surface area contributed by atoms with Crippen LogP contribution in [0.15, 0.2) is 12.4 Å². The molecule has 0 aromatic rings. The van der Waals surface area contributed by atoms with Crippen molar-refractivity contribution in [2.45, 2.75) is 252 Å². The minimum absolute atomic E-state index is 0.639. The van der Waals surface area contributed by atoms with Crippen molar-refractivity contribution >= 4 is 0 Å².